The monoisotopic (exact) mass is 356 g/mol. The minimum atomic E-state index is 0.410. The molecule has 1 aromatic carbocycles. The fraction of sp³-hybridized carbons (Fsp3) is 0.400. The molecule has 126 valence electrons. The molecular formula is C20H24N2S2. The van der Waals surface area contributed by atoms with Gasteiger partial charge >= 0.3 is 0 Å². The van der Waals surface area contributed by atoms with Crippen LogP contribution in [0.25, 0.3) is 10.1 Å². The first kappa shape index (κ1) is 16.3. The molecule has 1 aliphatic heterocycles. The minimum absolute atomic E-state index is 0.410. The lowest BCUT2D eigenvalue weighted by molar-refractivity contribution is 0.247. The van der Waals surface area contributed by atoms with E-state index in [1.165, 1.54) is 37.7 Å². The molecule has 4 rings (SSSR count). The maximum absolute atomic E-state index is 3.54. The number of thiophene rings is 2. The molecule has 1 fully saturated rings. The Labute approximate surface area is 152 Å². The molecule has 4 heteroatoms. The first-order chi connectivity index (χ1) is 11.8. The third kappa shape index (κ3) is 3.29. The van der Waals surface area contributed by atoms with Crippen molar-refractivity contribution in [3.8, 4) is 0 Å². The molecular weight excluding hydrogens is 332 g/mol. The summed E-state index contributed by atoms with van der Waals surface area (Å²) in [5.41, 5.74) is 0. The van der Waals surface area contributed by atoms with Crippen LogP contribution in [0.3, 0.4) is 0 Å². The van der Waals surface area contributed by atoms with Crippen LogP contribution in [0.5, 0.6) is 0 Å². The van der Waals surface area contributed by atoms with E-state index in [2.05, 4.69) is 59.6 Å². The van der Waals surface area contributed by atoms with Crippen LogP contribution in [0, 0.1) is 0 Å². The van der Waals surface area contributed by atoms with Crippen molar-refractivity contribution in [2.24, 2.45) is 0 Å². The number of rotatable bonds is 4. The van der Waals surface area contributed by atoms with E-state index in [4.69, 9.17) is 0 Å². The molecule has 1 aliphatic rings. The lowest BCUT2D eigenvalue weighted by Crippen LogP contribution is -2.32. The van der Waals surface area contributed by atoms with Crippen LogP contribution in [-0.4, -0.2) is 31.1 Å². The summed E-state index contributed by atoms with van der Waals surface area (Å²) in [6.45, 7) is 6.77. The van der Waals surface area contributed by atoms with Gasteiger partial charge in [0.15, 0.2) is 0 Å². The van der Waals surface area contributed by atoms with E-state index in [0.29, 0.717) is 6.04 Å². The smallest absolute Gasteiger partial charge is 0.0790 e. The van der Waals surface area contributed by atoms with E-state index in [1.807, 2.05) is 22.7 Å². The zero-order valence-electron chi connectivity index (χ0n) is 14.1. The molecule has 3 aromatic rings. The van der Waals surface area contributed by atoms with Gasteiger partial charge in [-0.2, -0.15) is 0 Å². The van der Waals surface area contributed by atoms with E-state index in [0.717, 1.165) is 26.1 Å². The van der Waals surface area contributed by atoms with Gasteiger partial charge in [-0.25, -0.2) is 0 Å². The van der Waals surface area contributed by atoms with Crippen LogP contribution in [-0.2, 0) is 6.42 Å². The molecule has 2 aromatic heterocycles. The second-order valence-corrected chi connectivity index (χ2v) is 8.70. The van der Waals surface area contributed by atoms with Gasteiger partial charge in [-0.15, -0.1) is 22.7 Å². The highest BCUT2D eigenvalue weighted by molar-refractivity contribution is 7.19. The topological polar surface area (TPSA) is 15.3 Å². The maximum atomic E-state index is 3.54. The summed E-state index contributed by atoms with van der Waals surface area (Å²) in [6.07, 6.45) is 2.36. The Morgan fingerprint density at radius 3 is 2.79 bits per heavy atom. The van der Waals surface area contributed by atoms with Gasteiger partial charge in [-0.1, -0.05) is 25.1 Å². The van der Waals surface area contributed by atoms with Gasteiger partial charge in [0.2, 0.25) is 0 Å². The van der Waals surface area contributed by atoms with Gasteiger partial charge in [-0.3, -0.25) is 4.90 Å². The Hall–Kier alpha value is -1.20. The van der Waals surface area contributed by atoms with Crippen LogP contribution >= 0.6 is 22.7 Å². The molecule has 1 atom stereocenters. The SMILES string of the molecule is CCc1ccc(C(c2cc3ccccc3s2)N2CCCNCC2)s1. The quantitative estimate of drug-likeness (QED) is 0.714. The number of hydrogen-bond acceptors (Lipinski definition) is 4. The standard InChI is InChI=1S/C20H24N2S2/c1-2-16-8-9-18(23-16)20(22-12-5-10-21-11-13-22)19-14-15-6-3-4-7-17(15)24-19/h3-4,6-9,14,20-21H,2,5,10-13H2,1H3. The zero-order valence-corrected chi connectivity index (χ0v) is 15.8. The molecule has 24 heavy (non-hydrogen) atoms. The van der Waals surface area contributed by atoms with E-state index < -0.39 is 0 Å². The van der Waals surface area contributed by atoms with Gasteiger partial charge < -0.3 is 5.32 Å². The van der Waals surface area contributed by atoms with Gasteiger partial charge in [-0.05, 0) is 49.0 Å². The van der Waals surface area contributed by atoms with Crippen molar-refractivity contribution in [1.29, 1.82) is 0 Å². The van der Waals surface area contributed by atoms with Crippen molar-refractivity contribution in [1.82, 2.24) is 10.2 Å². The van der Waals surface area contributed by atoms with Crippen molar-refractivity contribution in [3.05, 3.63) is 57.1 Å². The Balaban J connectivity index is 1.76. The number of nitrogens with zero attached hydrogens (tertiary/aromatic N) is 1. The predicted octanol–water partition coefficient (Wildman–Crippen LogP) is 4.91. The molecule has 3 heterocycles. The second-order valence-electron chi connectivity index (χ2n) is 6.39. The Morgan fingerprint density at radius 1 is 1.04 bits per heavy atom. The summed E-state index contributed by atoms with van der Waals surface area (Å²) in [4.78, 5) is 7.16. The molecule has 0 saturated carbocycles. The molecule has 0 aliphatic carbocycles. The maximum Gasteiger partial charge on any atom is 0.0790 e. The average Bonchev–Trinajstić information content (AvgIpc) is 3.16. The fourth-order valence-electron chi connectivity index (χ4n) is 3.49. The highest BCUT2D eigenvalue weighted by atomic mass is 32.1. The van der Waals surface area contributed by atoms with Crippen molar-refractivity contribution in [2.45, 2.75) is 25.8 Å². The Bertz CT molecular complexity index is 764. The fourth-order valence-corrected chi connectivity index (χ4v) is 5.89. The highest BCUT2D eigenvalue weighted by Gasteiger charge is 2.26. The number of nitrogens with one attached hydrogen (secondary N) is 1. The minimum Gasteiger partial charge on any atom is -0.315 e. The third-order valence-electron chi connectivity index (χ3n) is 4.75. The molecule has 0 amide bonds. The van der Waals surface area contributed by atoms with Crippen LogP contribution in [0.4, 0.5) is 0 Å². The predicted molar refractivity (Wildman–Crippen MR) is 106 cm³/mol. The van der Waals surface area contributed by atoms with Gasteiger partial charge in [0.1, 0.15) is 0 Å². The summed E-state index contributed by atoms with van der Waals surface area (Å²) in [5, 5.41) is 4.92. The normalized spacial score (nSPS) is 17.9. The number of benzene rings is 1. The van der Waals surface area contributed by atoms with E-state index in [9.17, 15) is 0 Å². The van der Waals surface area contributed by atoms with E-state index >= 15 is 0 Å². The highest BCUT2D eigenvalue weighted by Crippen LogP contribution is 2.39. The average molecular weight is 357 g/mol. The summed E-state index contributed by atoms with van der Waals surface area (Å²) in [7, 11) is 0. The Kier molecular flexibility index (Phi) is 4.99. The number of fused-ring (bicyclic) bond motifs is 1. The number of aryl methyl sites for hydroxylation is 1. The van der Waals surface area contributed by atoms with Gasteiger partial charge in [0.05, 0.1) is 6.04 Å². The summed E-state index contributed by atoms with van der Waals surface area (Å²) >= 11 is 3.95. The number of hydrogen-bond donors (Lipinski definition) is 1. The lowest BCUT2D eigenvalue weighted by atomic mass is 10.1. The Morgan fingerprint density at radius 2 is 1.96 bits per heavy atom. The molecule has 1 unspecified atom stereocenters. The third-order valence-corrected chi connectivity index (χ3v) is 7.20. The zero-order chi connectivity index (χ0) is 16.4. The summed E-state index contributed by atoms with van der Waals surface area (Å²) in [6, 6.07) is 16.3. The molecule has 0 spiro atoms. The van der Waals surface area contributed by atoms with Gasteiger partial charge in [0, 0.05) is 39.0 Å². The first-order valence-corrected chi connectivity index (χ1v) is 10.5. The van der Waals surface area contributed by atoms with Crippen molar-refractivity contribution >= 4 is 32.8 Å². The van der Waals surface area contributed by atoms with Crippen LogP contribution < -0.4 is 5.32 Å². The van der Waals surface area contributed by atoms with Crippen LogP contribution in [0.1, 0.15) is 34.0 Å². The molecule has 2 nitrogen and oxygen atoms in total. The molecule has 1 N–H and O–H groups in total. The van der Waals surface area contributed by atoms with E-state index in [1.54, 1.807) is 0 Å². The first-order valence-electron chi connectivity index (χ1n) is 8.87. The molecule has 0 radical (unpaired) electrons. The molecule has 1 saturated heterocycles. The van der Waals surface area contributed by atoms with Crippen molar-refractivity contribution in [2.75, 3.05) is 26.2 Å². The summed E-state index contributed by atoms with van der Waals surface area (Å²) in [5.74, 6) is 0. The summed E-state index contributed by atoms with van der Waals surface area (Å²) < 4.78 is 1.40. The van der Waals surface area contributed by atoms with Crippen LogP contribution in [0.15, 0.2) is 42.5 Å². The van der Waals surface area contributed by atoms with Gasteiger partial charge in [0.25, 0.3) is 0 Å². The molecule has 0 bridgehead atoms. The van der Waals surface area contributed by atoms with E-state index in [-0.39, 0.29) is 0 Å². The second kappa shape index (κ2) is 7.36. The van der Waals surface area contributed by atoms with Crippen molar-refractivity contribution in [3.63, 3.8) is 0 Å². The van der Waals surface area contributed by atoms with Crippen LogP contribution in [0.2, 0.25) is 0 Å². The lowest BCUT2D eigenvalue weighted by Gasteiger charge is -2.29. The van der Waals surface area contributed by atoms with Crippen molar-refractivity contribution < 1.29 is 0 Å². The largest absolute Gasteiger partial charge is 0.315 e.